The number of benzene rings is 3. The smallest absolute Gasteiger partial charge is 0.0221 e. The first-order chi connectivity index (χ1) is 15.5. The molecule has 5 rings (SSSR count). The van der Waals surface area contributed by atoms with Gasteiger partial charge >= 0.3 is 0 Å². The molecule has 2 aliphatic rings. The molecular formula is C33H42. The minimum Gasteiger partial charge on any atom is -0.103 e. The summed E-state index contributed by atoms with van der Waals surface area (Å²) >= 11 is 0. The fraction of sp³-hybridized carbons (Fsp3) is 0.333. The minimum absolute atomic E-state index is 0. The summed E-state index contributed by atoms with van der Waals surface area (Å²) in [5.74, 6) is 0. The van der Waals surface area contributed by atoms with Crippen molar-refractivity contribution in [2.24, 2.45) is 0 Å². The molecule has 0 nitrogen and oxygen atoms in total. The first-order valence-corrected chi connectivity index (χ1v) is 12.1. The van der Waals surface area contributed by atoms with E-state index < -0.39 is 0 Å². The highest BCUT2D eigenvalue weighted by Gasteiger charge is 2.43. The molecule has 2 aliphatic carbocycles. The van der Waals surface area contributed by atoms with Gasteiger partial charge in [-0.3, -0.25) is 0 Å². The van der Waals surface area contributed by atoms with Gasteiger partial charge in [-0.1, -0.05) is 110 Å². The largest absolute Gasteiger partial charge is 0.103 e. The fourth-order valence-corrected chi connectivity index (χ4v) is 5.66. The van der Waals surface area contributed by atoms with Gasteiger partial charge in [-0.05, 0) is 69.5 Å². The Bertz CT molecular complexity index is 1040. The molecule has 2 atom stereocenters. The quantitative estimate of drug-likeness (QED) is 0.355. The summed E-state index contributed by atoms with van der Waals surface area (Å²) in [6.07, 6.45) is 6.02. The van der Waals surface area contributed by atoms with Gasteiger partial charge in [-0.2, -0.15) is 0 Å². The molecule has 0 saturated heterocycles. The van der Waals surface area contributed by atoms with Gasteiger partial charge in [-0.25, -0.2) is 0 Å². The lowest BCUT2D eigenvalue weighted by molar-refractivity contribution is 0.590. The first-order valence-electron chi connectivity index (χ1n) is 12.1. The average Bonchev–Trinajstić information content (AvgIpc) is 3.23. The third-order valence-corrected chi connectivity index (χ3v) is 7.08. The Hall–Kier alpha value is -2.86. The third-order valence-electron chi connectivity index (χ3n) is 7.08. The van der Waals surface area contributed by atoms with Gasteiger partial charge in [0.25, 0.3) is 0 Å². The van der Waals surface area contributed by atoms with Gasteiger partial charge in [-0.15, -0.1) is 13.2 Å². The van der Waals surface area contributed by atoms with Crippen LogP contribution in [-0.4, -0.2) is 0 Å². The molecule has 0 fully saturated rings. The van der Waals surface area contributed by atoms with Gasteiger partial charge < -0.3 is 0 Å². The van der Waals surface area contributed by atoms with Crippen LogP contribution in [0.4, 0.5) is 0 Å². The second kappa shape index (κ2) is 10.4. The minimum atomic E-state index is -0.0188. The van der Waals surface area contributed by atoms with Crippen molar-refractivity contribution in [3.63, 3.8) is 0 Å². The molecule has 174 valence electrons. The van der Waals surface area contributed by atoms with Crippen LogP contribution in [-0.2, 0) is 10.8 Å². The molecule has 0 spiro atoms. The van der Waals surface area contributed by atoms with Crippen LogP contribution in [0.15, 0.2) is 86.0 Å². The van der Waals surface area contributed by atoms with E-state index in [1.165, 1.54) is 44.5 Å². The molecule has 0 amide bonds. The van der Waals surface area contributed by atoms with Crippen LogP contribution in [0.1, 0.15) is 84.1 Å². The maximum absolute atomic E-state index is 4.06. The third kappa shape index (κ3) is 3.80. The van der Waals surface area contributed by atoms with Crippen LogP contribution in [0.3, 0.4) is 0 Å². The van der Waals surface area contributed by atoms with Crippen LogP contribution in [0.25, 0.3) is 22.3 Å². The summed E-state index contributed by atoms with van der Waals surface area (Å²) in [7, 11) is 0. The van der Waals surface area contributed by atoms with Crippen LogP contribution < -0.4 is 0 Å². The maximum Gasteiger partial charge on any atom is 0.0221 e. The van der Waals surface area contributed by atoms with Gasteiger partial charge in [0.1, 0.15) is 0 Å². The summed E-state index contributed by atoms with van der Waals surface area (Å²) in [6.45, 7) is 20.9. The molecule has 0 N–H and O–H groups in total. The highest BCUT2D eigenvalue weighted by Crippen LogP contribution is 2.57. The molecule has 0 heteroatoms. The number of hydrogen-bond acceptors (Lipinski definition) is 0. The van der Waals surface area contributed by atoms with E-state index in [0.29, 0.717) is 0 Å². The predicted octanol–water partition coefficient (Wildman–Crippen LogP) is 10.1. The van der Waals surface area contributed by atoms with Gasteiger partial charge in [0.05, 0.1) is 0 Å². The van der Waals surface area contributed by atoms with Crippen LogP contribution >= 0.6 is 0 Å². The van der Waals surface area contributed by atoms with E-state index in [2.05, 4.69) is 99.8 Å². The fourth-order valence-electron chi connectivity index (χ4n) is 5.66. The summed E-state index contributed by atoms with van der Waals surface area (Å²) in [6, 6.07) is 22.7. The monoisotopic (exact) mass is 438 g/mol. The van der Waals surface area contributed by atoms with Gasteiger partial charge in [0.2, 0.25) is 0 Å². The van der Waals surface area contributed by atoms with Gasteiger partial charge in [0.15, 0.2) is 0 Å². The first kappa shape index (κ1) is 26.4. The Morgan fingerprint density at radius 2 is 0.909 bits per heavy atom. The van der Waals surface area contributed by atoms with Crippen LogP contribution in [0.2, 0.25) is 0 Å². The molecule has 0 saturated carbocycles. The Labute approximate surface area is 203 Å². The van der Waals surface area contributed by atoms with Crippen molar-refractivity contribution in [2.45, 2.75) is 72.6 Å². The highest BCUT2D eigenvalue weighted by molar-refractivity contribution is 5.89. The number of fused-ring (bicyclic) bond motifs is 6. The zero-order valence-corrected chi connectivity index (χ0v) is 20.8. The van der Waals surface area contributed by atoms with Crippen LogP contribution in [0.5, 0.6) is 0 Å². The molecule has 33 heavy (non-hydrogen) atoms. The Morgan fingerprint density at radius 1 is 0.576 bits per heavy atom. The summed E-state index contributed by atoms with van der Waals surface area (Å²) < 4.78 is 0. The molecular weight excluding hydrogens is 396 g/mol. The molecule has 0 radical (unpaired) electrons. The topological polar surface area (TPSA) is 0 Å². The Balaban J connectivity index is 0.000000733. The lowest BCUT2D eigenvalue weighted by Gasteiger charge is -2.28. The molecule has 0 bridgehead atoms. The van der Waals surface area contributed by atoms with Crippen molar-refractivity contribution >= 4 is 0 Å². The van der Waals surface area contributed by atoms with Crippen molar-refractivity contribution in [2.75, 3.05) is 0 Å². The molecule has 0 heterocycles. The second-order valence-corrected chi connectivity index (χ2v) is 8.68. The van der Waals surface area contributed by atoms with Crippen molar-refractivity contribution in [1.82, 2.24) is 0 Å². The van der Waals surface area contributed by atoms with Gasteiger partial charge in [0, 0.05) is 10.8 Å². The molecule has 0 aliphatic heterocycles. The lowest BCUT2D eigenvalue weighted by atomic mass is 9.75. The zero-order chi connectivity index (χ0) is 23.5. The van der Waals surface area contributed by atoms with E-state index in [9.17, 15) is 0 Å². The molecule has 2 unspecified atom stereocenters. The van der Waals surface area contributed by atoms with E-state index in [4.69, 9.17) is 0 Å². The van der Waals surface area contributed by atoms with Crippen molar-refractivity contribution in [3.05, 3.63) is 108 Å². The summed E-state index contributed by atoms with van der Waals surface area (Å²) in [4.78, 5) is 0. The van der Waals surface area contributed by atoms with E-state index >= 15 is 0 Å². The standard InChI is InChI=1S/C28H26.2C2H6.CH4/c1-5-15-27(3)23-13-9-7-11-19(23)21-18-26-22(17-25(21)27)20-12-8-10-14-24(20)28(26,4)16-6-2;2*1-2;/h5-14,17-18H,1-2,15-16H2,3-4H3;2*1-2H3;1H4. The van der Waals surface area contributed by atoms with E-state index in [1.54, 1.807) is 0 Å². The lowest BCUT2D eigenvalue weighted by Crippen LogP contribution is -2.21. The van der Waals surface area contributed by atoms with Crippen molar-refractivity contribution in [1.29, 1.82) is 0 Å². The maximum atomic E-state index is 4.06. The summed E-state index contributed by atoms with van der Waals surface area (Å²) in [5.41, 5.74) is 11.2. The highest BCUT2D eigenvalue weighted by atomic mass is 14.5. The normalized spacial score (nSPS) is 20.3. The number of allylic oxidation sites excluding steroid dienone is 2. The molecule has 3 aromatic rings. The zero-order valence-electron chi connectivity index (χ0n) is 20.8. The molecule has 0 aromatic heterocycles. The van der Waals surface area contributed by atoms with E-state index in [0.717, 1.165) is 12.8 Å². The Morgan fingerprint density at radius 3 is 1.24 bits per heavy atom. The second-order valence-electron chi connectivity index (χ2n) is 8.68. The predicted molar refractivity (Wildman–Crippen MR) is 149 cm³/mol. The molecule has 3 aromatic carbocycles. The average molecular weight is 439 g/mol. The number of rotatable bonds is 4. The van der Waals surface area contributed by atoms with E-state index in [1.807, 2.05) is 27.7 Å². The van der Waals surface area contributed by atoms with Crippen molar-refractivity contribution < 1.29 is 0 Å². The Kier molecular flexibility index (Phi) is 8.30. The number of hydrogen-bond donors (Lipinski definition) is 0. The van der Waals surface area contributed by atoms with Crippen LogP contribution in [0, 0.1) is 0 Å². The van der Waals surface area contributed by atoms with Crippen molar-refractivity contribution in [3.8, 4) is 22.3 Å². The summed E-state index contributed by atoms with van der Waals surface area (Å²) in [5, 5.41) is 0. The van der Waals surface area contributed by atoms with E-state index in [-0.39, 0.29) is 18.3 Å². The SMILES string of the molecule is C.C=CCC1(C)c2ccccc2-c2cc3c(cc21)-c1ccccc1C3(C)CC=C.CC.CC.